The van der Waals surface area contributed by atoms with Gasteiger partial charge in [0, 0.05) is 0 Å². The summed E-state index contributed by atoms with van der Waals surface area (Å²) in [6.45, 7) is 6.85. The van der Waals surface area contributed by atoms with Crippen LogP contribution in [0.2, 0.25) is 0 Å². The Morgan fingerprint density at radius 3 is 2.21 bits per heavy atom. The maximum absolute atomic E-state index is 2.43. The molecule has 1 radical (unpaired) electrons. The van der Waals surface area contributed by atoms with Crippen LogP contribution in [-0.4, -0.2) is 0 Å². The van der Waals surface area contributed by atoms with Crippen molar-refractivity contribution in [3.05, 3.63) is 6.42 Å². The van der Waals surface area contributed by atoms with Crippen LogP contribution in [0.3, 0.4) is 0 Å². The maximum atomic E-state index is 2.43. The molecule has 85 valence electrons. The molecule has 0 nitrogen and oxygen atoms in total. The molecule has 1 unspecified atom stereocenters. The molecule has 0 heterocycles. The Morgan fingerprint density at radius 2 is 1.64 bits per heavy atom. The normalized spacial score (nSPS) is 11.1. The lowest BCUT2D eigenvalue weighted by Gasteiger charge is -2.15. The zero-order chi connectivity index (χ0) is 10.6. The lowest BCUT2D eigenvalue weighted by Crippen LogP contribution is -2.00. The first-order valence-electron chi connectivity index (χ1n) is 6.66. The van der Waals surface area contributed by atoms with Crippen LogP contribution in [0, 0.1) is 12.3 Å². The van der Waals surface area contributed by atoms with E-state index in [2.05, 4.69) is 27.2 Å². The van der Waals surface area contributed by atoms with Crippen molar-refractivity contribution in [3.63, 3.8) is 0 Å². The van der Waals surface area contributed by atoms with Gasteiger partial charge in [-0.1, -0.05) is 72.1 Å². The van der Waals surface area contributed by atoms with Crippen LogP contribution in [0.1, 0.15) is 78.6 Å². The Labute approximate surface area is 91.5 Å². The minimum atomic E-state index is 1.01. The second-order valence-corrected chi connectivity index (χ2v) is 4.42. The molecule has 0 aliphatic heterocycles. The minimum Gasteiger partial charge on any atom is -0.0654 e. The van der Waals surface area contributed by atoms with Crippen LogP contribution in [0.4, 0.5) is 0 Å². The van der Waals surface area contributed by atoms with Gasteiger partial charge in [0.1, 0.15) is 0 Å². The number of hydrogen-bond donors (Lipinski definition) is 0. The lowest BCUT2D eigenvalue weighted by molar-refractivity contribution is 0.395. The Hall–Kier alpha value is 0. The van der Waals surface area contributed by atoms with Gasteiger partial charge in [0.05, 0.1) is 0 Å². The summed E-state index contributed by atoms with van der Waals surface area (Å²) in [4.78, 5) is 0. The molecule has 0 rings (SSSR count). The Bertz CT molecular complexity index is 86.2. The first-order chi connectivity index (χ1) is 6.85. The Kier molecular flexibility index (Phi) is 11.1. The van der Waals surface area contributed by atoms with E-state index in [0.29, 0.717) is 0 Å². The van der Waals surface area contributed by atoms with Crippen molar-refractivity contribution in [2.24, 2.45) is 5.92 Å². The van der Waals surface area contributed by atoms with E-state index in [9.17, 15) is 0 Å². The van der Waals surface area contributed by atoms with Gasteiger partial charge >= 0.3 is 0 Å². The first-order valence-corrected chi connectivity index (χ1v) is 6.66. The molecule has 0 bridgehead atoms. The molecule has 0 aromatic carbocycles. The summed E-state index contributed by atoms with van der Waals surface area (Å²) in [6.07, 6.45) is 15.0. The molecule has 0 aliphatic rings. The molecule has 0 heteroatoms. The summed E-state index contributed by atoms with van der Waals surface area (Å²) in [5.41, 5.74) is 0. The van der Waals surface area contributed by atoms with E-state index < -0.39 is 0 Å². The summed E-state index contributed by atoms with van der Waals surface area (Å²) in [5, 5.41) is 0. The van der Waals surface area contributed by atoms with Gasteiger partial charge in [-0.2, -0.15) is 0 Å². The smallest absolute Gasteiger partial charge is 0.0388 e. The molecular weight excluding hydrogens is 168 g/mol. The van der Waals surface area contributed by atoms with E-state index in [1.165, 1.54) is 57.8 Å². The minimum absolute atomic E-state index is 1.01. The summed E-state index contributed by atoms with van der Waals surface area (Å²) in [5.74, 6) is 1.01. The van der Waals surface area contributed by atoms with E-state index in [4.69, 9.17) is 0 Å². The van der Waals surface area contributed by atoms with E-state index in [1.807, 2.05) is 0 Å². The van der Waals surface area contributed by atoms with Crippen molar-refractivity contribution in [2.75, 3.05) is 0 Å². The third-order valence-corrected chi connectivity index (χ3v) is 2.98. The van der Waals surface area contributed by atoms with Crippen LogP contribution in [0.5, 0.6) is 0 Å². The standard InChI is InChI=1S/C14H29/c1-4-7-9-12-14(11-6-3)13-10-8-5-2/h7,14H,4-6,8-13H2,1-3H3. The Morgan fingerprint density at radius 1 is 0.857 bits per heavy atom. The van der Waals surface area contributed by atoms with Gasteiger partial charge in [-0.3, -0.25) is 0 Å². The average Bonchev–Trinajstić information content (AvgIpc) is 2.18. The van der Waals surface area contributed by atoms with Gasteiger partial charge in [0.25, 0.3) is 0 Å². The van der Waals surface area contributed by atoms with Gasteiger partial charge < -0.3 is 0 Å². The Balaban J connectivity index is 3.44. The van der Waals surface area contributed by atoms with Gasteiger partial charge in [-0.05, 0) is 18.8 Å². The monoisotopic (exact) mass is 197 g/mol. The highest BCUT2D eigenvalue weighted by atomic mass is 14.1. The predicted molar refractivity (Wildman–Crippen MR) is 66.4 cm³/mol. The number of rotatable bonds is 10. The molecule has 0 aliphatic carbocycles. The second kappa shape index (κ2) is 11.1. The molecule has 0 saturated carbocycles. The van der Waals surface area contributed by atoms with Crippen LogP contribution in [0.15, 0.2) is 0 Å². The SMILES string of the molecule is CC[CH]CCC(CCC)CCCCC. The summed E-state index contributed by atoms with van der Waals surface area (Å²) in [6, 6.07) is 0. The highest BCUT2D eigenvalue weighted by molar-refractivity contribution is 4.67. The average molecular weight is 197 g/mol. The zero-order valence-electron chi connectivity index (χ0n) is 10.5. The quantitative estimate of drug-likeness (QED) is 0.413. The van der Waals surface area contributed by atoms with Gasteiger partial charge in [-0.15, -0.1) is 0 Å². The third kappa shape index (κ3) is 8.59. The topological polar surface area (TPSA) is 0 Å². The predicted octanol–water partition coefficient (Wildman–Crippen LogP) is 5.38. The van der Waals surface area contributed by atoms with Crippen LogP contribution >= 0.6 is 0 Å². The van der Waals surface area contributed by atoms with E-state index in [0.717, 1.165) is 5.92 Å². The molecule has 0 aromatic rings. The molecule has 0 N–H and O–H groups in total. The van der Waals surface area contributed by atoms with Crippen molar-refractivity contribution in [3.8, 4) is 0 Å². The fraction of sp³-hybridized carbons (Fsp3) is 0.929. The third-order valence-electron chi connectivity index (χ3n) is 2.98. The van der Waals surface area contributed by atoms with E-state index >= 15 is 0 Å². The molecular formula is C14H29. The van der Waals surface area contributed by atoms with Gasteiger partial charge in [-0.25, -0.2) is 0 Å². The second-order valence-electron chi connectivity index (χ2n) is 4.42. The maximum Gasteiger partial charge on any atom is -0.0388 e. The molecule has 0 fully saturated rings. The fourth-order valence-corrected chi connectivity index (χ4v) is 2.08. The molecule has 1 atom stereocenters. The number of hydrogen-bond acceptors (Lipinski definition) is 0. The lowest BCUT2D eigenvalue weighted by atomic mass is 9.91. The summed E-state index contributed by atoms with van der Waals surface area (Å²) in [7, 11) is 0. The summed E-state index contributed by atoms with van der Waals surface area (Å²) < 4.78 is 0. The van der Waals surface area contributed by atoms with Gasteiger partial charge in [0.15, 0.2) is 0 Å². The molecule has 0 spiro atoms. The highest BCUT2D eigenvalue weighted by Gasteiger charge is 2.06. The highest BCUT2D eigenvalue weighted by Crippen LogP contribution is 2.21. The van der Waals surface area contributed by atoms with Crippen LogP contribution in [0.25, 0.3) is 0 Å². The van der Waals surface area contributed by atoms with Crippen molar-refractivity contribution in [1.29, 1.82) is 0 Å². The van der Waals surface area contributed by atoms with Crippen LogP contribution in [-0.2, 0) is 0 Å². The molecule has 0 amide bonds. The first kappa shape index (κ1) is 14.0. The molecule has 0 aromatic heterocycles. The molecule has 14 heavy (non-hydrogen) atoms. The van der Waals surface area contributed by atoms with Crippen LogP contribution < -0.4 is 0 Å². The summed E-state index contributed by atoms with van der Waals surface area (Å²) >= 11 is 0. The van der Waals surface area contributed by atoms with Crippen molar-refractivity contribution < 1.29 is 0 Å². The van der Waals surface area contributed by atoms with Crippen molar-refractivity contribution in [1.82, 2.24) is 0 Å². The largest absolute Gasteiger partial charge is 0.0654 e. The van der Waals surface area contributed by atoms with E-state index in [-0.39, 0.29) is 0 Å². The van der Waals surface area contributed by atoms with E-state index in [1.54, 1.807) is 0 Å². The number of unbranched alkanes of at least 4 members (excludes halogenated alkanes) is 4. The zero-order valence-corrected chi connectivity index (χ0v) is 10.5. The van der Waals surface area contributed by atoms with Crippen molar-refractivity contribution in [2.45, 2.75) is 78.6 Å². The van der Waals surface area contributed by atoms with Crippen molar-refractivity contribution >= 4 is 0 Å². The molecule has 0 saturated heterocycles. The van der Waals surface area contributed by atoms with Gasteiger partial charge in [0.2, 0.25) is 0 Å². The fourth-order valence-electron chi connectivity index (χ4n) is 2.08.